The molecule has 1 saturated heterocycles. The maximum absolute atomic E-state index is 11.8. The van der Waals surface area contributed by atoms with Gasteiger partial charge in [-0.3, -0.25) is 4.90 Å². The number of aryl methyl sites for hydroxylation is 1. The van der Waals surface area contributed by atoms with Crippen molar-refractivity contribution in [3.63, 3.8) is 0 Å². The summed E-state index contributed by atoms with van der Waals surface area (Å²) >= 11 is 0. The summed E-state index contributed by atoms with van der Waals surface area (Å²) in [7, 11) is 0. The highest BCUT2D eigenvalue weighted by Crippen LogP contribution is 2.26. The van der Waals surface area contributed by atoms with Crippen molar-refractivity contribution in [2.45, 2.75) is 19.4 Å². The maximum atomic E-state index is 11.8. The highest BCUT2D eigenvalue weighted by Gasteiger charge is 2.31. The van der Waals surface area contributed by atoms with Crippen molar-refractivity contribution in [1.82, 2.24) is 4.98 Å². The van der Waals surface area contributed by atoms with Gasteiger partial charge in [0, 0.05) is 12.6 Å². The van der Waals surface area contributed by atoms with Crippen molar-refractivity contribution < 1.29 is 13.9 Å². The Morgan fingerprint density at radius 2 is 2.37 bits per heavy atom. The Balaban J connectivity index is 1.89. The number of hydrogen-bond donors (Lipinski definition) is 1. The van der Waals surface area contributed by atoms with Crippen LogP contribution in [0.4, 0.5) is 10.5 Å². The molecule has 0 aliphatic carbocycles. The zero-order valence-corrected chi connectivity index (χ0v) is 10.6. The second kappa shape index (κ2) is 4.55. The lowest BCUT2D eigenvalue weighted by atomic mass is 10.2. The van der Waals surface area contributed by atoms with Gasteiger partial charge in [0.2, 0.25) is 0 Å². The van der Waals surface area contributed by atoms with E-state index in [1.807, 2.05) is 18.2 Å². The summed E-state index contributed by atoms with van der Waals surface area (Å²) < 4.78 is 10.7. The van der Waals surface area contributed by atoms with E-state index in [0.29, 0.717) is 31.0 Å². The summed E-state index contributed by atoms with van der Waals surface area (Å²) in [6.45, 7) is 2.83. The lowest BCUT2D eigenvalue weighted by Gasteiger charge is -2.12. The van der Waals surface area contributed by atoms with Crippen LogP contribution in [0.3, 0.4) is 0 Å². The number of carbonyl (C=O) groups is 1. The van der Waals surface area contributed by atoms with Crippen LogP contribution in [0.1, 0.15) is 12.3 Å². The topological polar surface area (TPSA) is 81.6 Å². The Morgan fingerprint density at radius 1 is 1.53 bits per heavy atom. The van der Waals surface area contributed by atoms with E-state index >= 15 is 0 Å². The number of hydrogen-bond acceptors (Lipinski definition) is 5. The minimum absolute atomic E-state index is 0.132. The van der Waals surface area contributed by atoms with Crippen molar-refractivity contribution in [3.8, 4) is 0 Å². The molecule has 0 saturated carbocycles. The van der Waals surface area contributed by atoms with Crippen LogP contribution >= 0.6 is 0 Å². The summed E-state index contributed by atoms with van der Waals surface area (Å²) in [5, 5.41) is 0. The SMILES string of the molecule is Cc1nc2cc(N3CC(CCN)OC3=O)ccc2o1. The van der Waals surface area contributed by atoms with E-state index in [1.165, 1.54) is 0 Å². The van der Waals surface area contributed by atoms with Crippen LogP contribution in [0.15, 0.2) is 22.6 Å². The Hall–Kier alpha value is -2.08. The summed E-state index contributed by atoms with van der Waals surface area (Å²) in [6, 6.07) is 5.48. The molecule has 100 valence electrons. The lowest BCUT2D eigenvalue weighted by molar-refractivity contribution is 0.138. The van der Waals surface area contributed by atoms with E-state index < -0.39 is 0 Å². The van der Waals surface area contributed by atoms with Crippen LogP contribution in [0.5, 0.6) is 0 Å². The summed E-state index contributed by atoms with van der Waals surface area (Å²) in [4.78, 5) is 17.7. The summed E-state index contributed by atoms with van der Waals surface area (Å²) in [5.41, 5.74) is 7.71. The van der Waals surface area contributed by atoms with Gasteiger partial charge in [-0.15, -0.1) is 0 Å². The van der Waals surface area contributed by atoms with E-state index in [4.69, 9.17) is 14.9 Å². The third kappa shape index (κ3) is 2.15. The normalized spacial score (nSPS) is 19.2. The molecule has 1 unspecified atom stereocenters. The van der Waals surface area contributed by atoms with Gasteiger partial charge in [0.05, 0.1) is 6.54 Å². The van der Waals surface area contributed by atoms with Gasteiger partial charge in [-0.2, -0.15) is 0 Å². The number of carbonyl (C=O) groups excluding carboxylic acids is 1. The predicted molar refractivity (Wildman–Crippen MR) is 70.0 cm³/mol. The van der Waals surface area contributed by atoms with Gasteiger partial charge in [-0.1, -0.05) is 0 Å². The number of nitrogens with zero attached hydrogens (tertiary/aromatic N) is 2. The van der Waals surface area contributed by atoms with Gasteiger partial charge < -0.3 is 14.9 Å². The molecular weight excluding hydrogens is 246 g/mol. The van der Waals surface area contributed by atoms with Gasteiger partial charge >= 0.3 is 6.09 Å². The first kappa shape index (κ1) is 12.0. The average Bonchev–Trinajstić information content (AvgIpc) is 2.90. The molecule has 1 aromatic heterocycles. The third-order valence-electron chi connectivity index (χ3n) is 3.15. The molecule has 2 aromatic rings. The molecule has 6 heteroatoms. The average molecular weight is 261 g/mol. The highest BCUT2D eigenvalue weighted by atomic mass is 16.6. The zero-order chi connectivity index (χ0) is 13.4. The Morgan fingerprint density at radius 3 is 3.16 bits per heavy atom. The number of oxazole rings is 1. The second-order valence-electron chi connectivity index (χ2n) is 4.58. The third-order valence-corrected chi connectivity index (χ3v) is 3.15. The predicted octanol–water partition coefficient (Wildman–Crippen LogP) is 1.81. The van der Waals surface area contributed by atoms with E-state index in [1.54, 1.807) is 11.8 Å². The number of ether oxygens (including phenoxy) is 1. The van der Waals surface area contributed by atoms with Crippen LogP contribution in [-0.2, 0) is 4.74 Å². The van der Waals surface area contributed by atoms with Crippen LogP contribution in [0.2, 0.25) is 0 Å². The molecule has 6 nitrogen and oxygen atoms in total. The van der Waals surface area contributed by atoms with E-state index in [2.05, 4.69) is 4.98 Å². The van der Waals surface area contributed by atoms with Gasteiger partial charge in [0.1, 0.15) is 11.6 Å². The molecule has 1 aliphatic heterocycles. The molecule has 3 rings (SSSR count). The zero-order valence-electron chi connectivity index (χ0n) is 10.6. The minimum Gasteiger partial charge on any atom is -0.444 e. The first-order valence-corrected chi connectivity index (χ1v) is 6.23. The number of benzene rings is 1. The number of anilines is 1. The molecule has 19 heavy (non-hydrogen) atoms. The van der Waals surface area contributed by atoms with E-state index in [-0.39, 0.29) is 12.2 Å². The number of nitrogens with two attached hydrogens (primary N) is 1. The van der Waals surface area contributed by atoms with Crippen LogP contribution in [-0.4, -0.2) is 30.3 Å². The second-order valence-corrected chi connectivity index (χ2v) is 4.58. The Labute approximate surface area is 110 Å². The number of rotatable bonds is 3. The fraction of sp³-hybridized carbons (Fsp3) is 0.385. The van der Waals surface area contributed by atoms with Gasteiger partial charge in [-0.05, 0) is 31.2 Å². The van der Waals surface area contributed by atoms with Crippen LogP contribution in [0, 0.1) is 6.92 Å². The van der Waals surface area contributed by atoms with Crippen molar-refractivity contribution in [2.75, 3.05) is 18.0 Å². The quantitative estimate of drug-likeness (QED) is 0.911. The fourth-order valence-corrected chi connectivity index (χ4v) is 2.27. The lowest BCUT2D eigenvalue weighted by Crippen LogP contribution is -2.25. The molecule has 1 atom stereocenters. The van der Waals surface area contributed by atoms with E-state index in [0.717, 1.165) is 11.2 Å². The Bertz CT molecular complexity index is 623. The smallest absolute Gasteiger partial charge is 0.414 e. The van der Waals surface area contributed by atoms with Gasteiger partial charge in [0.15, 0.2) is 11.5 Å². The van der Waals surface area contributed by atoms with Crippen molar-refractivity contribution >= 4 is 22.9 Å². The Kier molecular flexibility index (Phi) is 2.87. The summed E-state index contributed by atoms with van der Waals surface area (Å²) in [5.74, 6) is 0.608. The largest absolute Gasteiger partial charge is 0.444 e. The molecule has 2 heterocycles. The van der Waals surface area contributed by atoms with Crippen molar-refractivity contribution in [1.29, 1.82) is 0 Å². The first-order valence-electron chi connectivity index (χ1n) is 6.23. The minimum atomic E-state index is -0.335. The highest BCUT2D eigenvalue weighted by molar-refractivity contribution is 5.92. The number of cyclic esters (lactones) is 1. The molecule has 0 radical (unpaired) electrons. The van der Waals surface area contributed by atoms with Crippen LogP contribution in [0.25, 0.3) is 11.1 Å². The first-order chi connectivity index (χ1) is 9.17. The maximum Gasteiger partial charge on any atom is 0.414 e. The molecule has 1 aliphatic rings. The molecule has 0 bridgehead atoms. The number of fused-ring (bicyclic) bond motifs is 1. The van der Waals surface area contributed by atoms with Crippen molar-refractivity contribution in [3.05, 3.63) is 24.1 Å². The number of aromatic nitrogens is 1. The van der Waals surface area contributed by atoms with Crippen molar-refractivity contribution in [2.24, 2.45) is 5.73 Å². The fourth-order valence-electron chi connectivity index (χ4n) is 2.27. The molecule has 1 aromatic carbocycles. The molecule has 0 spiro atoms. The standard InChI is InChI=1S/C13H15N3O3/c1-8-15-11-6-9(2-3-12(11)18-8)16-7-10(4-5-14)19-13(16)17/h2-3,6,10H,4-5,7,14H2,1H3. The van der Waals surface area contributed by atoms with Gasteiger partial charge in [0.25, 0.3) is 0 Å². The molecule has 1 fully saturated rings. The monoisotopic (exact) mass is 261 g/mol. The summed E-state index contributed by atoms with van der Waals surface area (Å²) in [6.07, 6.45) is 0.207. The molecule has 1 amide bonds. The number of amides is 1. The van der Waals surface area contributed by atoms with E-state index in [9.17, 15) is 4.79 Å². The molecule has 2 N–H and O–H groups in total. The van der Waals surface area contributed by atoms with Gasteiger partial charge in [-0.25, -0.2) is 9.78 Å². The molecular formula is C13H15N3O3. The van der Waals surface area contributed by atoms with Crippen LogP contribution < -0.4 is 10.6 Å².